The van der Waals surface area contributed by atoms with E-state index < -0.39 is 12.0 Å². The molecule has 0 saturated heterocycles. The number of aryl methyl sites for hydroxylation is 1. The second-order valence-electron chi connectivity index (χ2n) is 3.05. The van der Waals surface area contributed by atoms with Gasteiger partial charge in [-0.3, -0.25) is 4.79 Å². The normalized spacial score (nSPS) is 11.4. The van der Waals surface area contributed by atoms with Gasteiger partial charge in [-0.2, -0.15) is 0 Å². The van der Waals surface area contributed by atoms with E-state index in [1.54, 1.807) is 0 Å². The van der Waals surface area contributed by atoms with Crippen molar-refractivity contribution in [1.29, 1.82) is 0 Å². The highest BCUT2D eigenvalue weighted by atomic mass is 35.5. The van der Waals surface area contributed by atoms with Gasteiger partial charge in [0.25, 0.3) is 0 Å². The molecule has 1 aromatic carbocycles. The third kappa shape index (κ3) is 3.22. The minimum absolute atomic E-state index is 0. The van der Waals surface area contributed by atoms with Crippen molar-refractivity contribution in [3.63, 3.8) is 0 Å². The van der Waals surface area contributed by atoms with Crippen LogP contribution in [-0.4, -0.2) is 13.1 Å². The van der Waals surface area contributed by atoms with Gasteiger partial charge in [-0.25, -0.2) is 0 Å². The summed E-state index contributed by atoms with van der Waals surface area (Å²) < 4.78 is 4.60. The van der Waals surface area contributed by atoms with Crippen LogP contribution in [0.1, 0.15) is 24.1 Å². The van der Waals surface area contributed by atoms with Crippen LogP contribution in [-0.2, 0) is 16.0 Å². The van der Waals surface area contributed by atoms with Gasteiger partial charge in [0, 0.05) is 0 Å². The predicted octanol–water partition coefficient (Wildman–Crippen LogP) is 1.84. The number of methoxy groups -OCH3 is 1. The molecule has 0 spiro atoms. The molecule has 4 heteroatoms. The Morgan fingerprint density at radius 1 is 1.47 bits per heavy atom. The lowest BCUT2D eigenvalue weighted by atomic mass is 9.99. The first-order chi connectivity index (χ1) is 6.70. The van der Waals surface area contributed by atoms with Gasteiger partial charge in [-0.15, -0.1) is 12.4 Å². The van der Waals surface area contributed by atoms with E-state index >= 15 is 0 Å². The van der Waals surface area contributed by atoms with Crippen molar-refractivity contribution in [3.8, 4) is 0 Å². The van der Waals surface area contributed by atoms with Crippen LogP contribution in [0.15, 0.2) is 24.3 Å². The van der Waals surface area contributed by atoms with Crippen LogP contribution in [0.3, 0.4) is 0 Å². The van der Waals surface area contributed by atoms with E-state index in [1.165, 1.54) is 7.11 Å². The van der Waals surface area contributed by atoms with Crippen molar-refractivity contribution in [2.75, 3.05) is 7.11 Å². The Morgan fingerprint density at radius 2 is 2.07 bits per heavy atom. The van der Waals surface area contributed by atoms with E-state index in [9.17, 15) is 4.79 Å². The van der Waals surface area contributed by atoms with E-state index in [1.807, 2.05) is 31.2 Å². The fourth-order valence-corrected chi connectivity index (χ4v) is 1.41. The standard InChI is InChI=1S/C11H15NO2.ClH/c1-3-8-6-4-5-7-9(8)10(12)11(13)14-2;/h4-7,10H,3,12H2,1-2H3;1H. The highest BCUT2D eigenvalue weighted by Crippen LogP contribution is 2.17. The number of rotatable bonds is 3. The molecular weight excluding hydrogens is 214 g/mol. The van der Waals surface area contributed by atoms with Crippen LogP contribution in [0.2, 0.25) is 0 Å². The summed E-state index contributed by atoms with van der Waals surface area (Å²) in [5, 5.41) is 0. The van der Waals surface area contributed by atoms with Gasteiger partial charge in [-0.1, -0.05) is 31.2 Å². The monoisotopic (exact) mass is 229 g/mol. The summed E-state index contributed by atoms with van der Waals surface area (Å²) in [5.41, 5.74) is 7.69. The molecule has 2 N–H and O–H groups in total. The zero-order valence-corrected chi connectivity index (χ0v) is 9.71. The molecule has 0 aliphatic heterocycles. The van der Waals surface area contributed by atoms with Crippen LogP contribution in [0.5, 0.6) is 0 Å². The fraction of sp³-hybridized carbons (Fsp3) is 0.364. The van der Waals surface area contributed by atoms with Crippen LogP contribution in [0, 0.1) is 0 Å². The lowest BCUT2D eigenvalue weighted by molar-refractivity contribution is -0.142. The summed E-state index contributed by atoms with van der Waals surface area (Å²) in [7, 11) is 1.34. The molecule has 0 aliphatic carbocycles. The molecule has 3 nitrogen and oxygen atoms in total. The summed E-state index contributed by atoms with van der Waals surface area (Å²) in [4.78, 5) is 11.2. The van der Waals surface area contributed by atoms with Gasteiger partial charge in [0.2, 0.25) is 0 Å². The molecule has 0 fully saturated rings. The van der Waals surface area contributed by atoms with Crippen LogP contribution < -0.4 is 5.73 Å². The second-order valence-corrected chi connectivity index (χ2v) is 3.05. The Kier molecular flexibility index (Phi) is 5.97. The molecule has 1 atom stereocenters. The first-order valence-electron chi connectivity index (χ1n) is 4.62. The minimum atomic E-state index is -0.670. The molecule has 84 valence electrons. The average Bonchev–Trinajstić information content (AvgIpc) is 2.26. The third-order valence-corrected chi connectivity index (χ3v) is 2.23. The summed E-state index contributed by atoms with van der Waals surface area (Å²) in [6.07, 6.45) is 0.862. The Morgan fingerprint density at radius 3 is 2.60 bits per heavy atom. The maximum atomic E-state index is 11.2. The first kappa shape index (κ1) is 13.9. The lowest BCUT2D eigenvalue weighted by Crippen LogP contribution is -2.23. The second kappa shape index (κ2) is 6.43. The fourth-order valence-electron chi connectivity index (χ4n) is 1.41. The van der Waals surface area contributed by atoms with Crippen LogP contribution in [0.4, 0.5) is 0 Å². The van der Waals surface area contributed by atoms with Gasteiger partial charge < -0.3 is 10.5 Å². The first-order valence-corrected chi connectivity index (χ1v) is 4.62. The van der Waals surface area contributed by atoms with Gasteiger partial charge >= 0.3 is 5.97 Å². The number of ether oxygens (including phenoxy) is 1. The van der Waals surface area contributed by atoms with Gasteiger partial charge in [0.15, 0.2) is 0 Å². The molecule has 15 heavy (non-hydrogen) atoms. The van der Waals surface area contributed by atoms with Gasteiger partial charge in [0.1, 0.15) is 6.04 Å². The number of nitrogens with two attached hydrogens (primary N) is 1. The number of halogens is 1. The minimum Gasteiger partial charge on any atom is -0.468 e. The third-order valence-electron chi connectivity index (χ3n) is 2.23. The SMILES string of the molecule is CCc1ccccc1C(N)C(=O)OC.Cl. The number of carbonyl (C=O) groups is 1. The Labute approximate surface area is 96.0 Å². The number of hydrogen-bond donors (Lipinski definition) is 1. The highest BCUT2D eigenvalue weighted by molar-refractivity contribution is 5.85. The Bertz CT molecular complexity index is 328. The molecule has 0 bridgehead atoms. The molecule has 0 heterocycles. The number of benzene rings is 1. The average molecular weight is 230 g/mol. The van der Waals surface area contributed by atoms with Crippen LogP contribution >= 0.6 is 12.4 Å². The number of carbonyl (C=O) groups excluding carboxylic acids is 1. The molecule has 1 rings (SSSR count). The molecule has 1 aromatic rings. The van der Waals surface area contributed by atoms with E-state index in [2.05, 4.69) is 4.74 Å². The highest BCUT2D eigenvalue weighted by Gasteiger charge is 2.17. The zero-order chi connectivity index (χ0) is 10.6. The van der Waals surface area contributed by atoms with E-state index in [-0.39, 0.29) is 12.4 Å². The van der Waals surface area contributed by atoms with Gasteiger partial charge in [-0.05, 0) is 17.5 Å². The lowest BCUT2D eigenvalue weighted by Gasteiger charge is -2.13. The van der Waals surface area contributed by atoms with Crippen molar-refractivity contribution in [1.82, 2.24) is 0 Å². The Hall–Kier alpha value is -1.06. The topological polar surface area (TPSA) is 52.3 Å². The predicted molar refractivity (Wildman–Crippen MR) is 62.0 cm³/mol. The largest absolute Gasteiger partial charge is 0.468 e. The molecule has 0 aliphatic rings. The summed E-state index contributed by atoms with van der Waals surface area (Å²) in [6.45, 7) is 2.03. The van der Waals surface area contributed by atoms with Crippen LogP contribution in [0.25, 0.3) is 0 Å². The number of esters is 1. The molecule has 0 amide bonds. The maximum Gasteiger partial charge on any atom is 0.327 e. The smallest absolute Gasteiger partial charge is 0.327 e. The van der Waals surface area contributed by atoms with E-state index in [0.29, 0.717) is 0 Å². The molecule has 0 radical (unpaired) electrons. The van der Waals surface area contributed by atoms with E-state index in [0.717, 1.165) is 17.5 Å². The van der Waals surface area contributed by atoms with Crippen molar-refractivity contribution in [2.45, 2.75) is 19.4 Å². The summed E-state index contributed by atoms with van der Waals surface area (Å²) >= 11 is 0. The molecule has 0 saturated carbocycles. The zero-order valence-electron chi connectivity index (χ0n) is 8.90. The summed E-state index contributed by atoms with van der Waals surface area (Å²) in [6, 6.07) is 6.97. The maximum absolute atomic E-state index is 11.2. The number of hydrogen-bond acceptors (Lipinski definition) is 3. The molecule has 0 aromatic heterocycles. The van der Waals surface area contributed by atoms with Crippen molar-refractivity contribution in [2.24, 2.45) is 5.73 Å². The molecular formula is C11H16ClNO2. The Balaban J connectivity index is 0.00000196. The molecule has 1 unspecified atom stereocenters. The van der Waals surface area contributed by atoms with E-state index in [4.69, 9.17) is 5.73 Å². The quantitative estimate of drug-likeness (QED) is 0.805. The van der Waals surface area contributed by atoms with Crippen molar-refractivity contribution >= 4 is 18.4 Å². The van der Waals surface area contributed by atoms with Crippen molar-refractivity contribution in [3.05, 3.63) is 35.4 Å². The van der Waals surface area contributed by atoms with Gasteiger partial charge in [0.05, 0.1) is 7.11 Å². The summed E-state index contributed by atoms with van der Waals surface area (Å²) in [5.74, 6) is -0.397. The van der Waals surface area contributed by atoms with Crippen molar-refractivity contribution < 1.29 is 9.53 Å².